The fraction of sp³-hybridized carbons (Fsp3) is 0.441. The van der Waals surface area contributed by atoms with E-state index in [1.54, 1.807) is 24.3 Å². The van der Waals surface area contributed by atoms with Gasteiger partial charge in [0.05, 0.1) is 6.04 Å². The smallest absolute Gasteiger partial charge is 0.344 e. The molecule has 2 aromatic carbocycles. The maximum atomic E-state index is 12.8. The van der Waals surface area contributed by atoms with Gasteiger partial charge in [-0.15, -0.1) is 0 Å². The van der Waals surface area contributed by atoms with E-state index in [1.165, 1.54) is 11.1 Å². The molecule has 5 rings (SSSR count). The maximum absolute atomic E-state index is 12.8. The molecule has 0 aliphatic carbocycles. The van der Waals surface area contributed by atoms with Crippen molar-refractivity contribution in [2.24, 2.45) is 0 Å². The van der Waals surface area contributed by atoms with Crippen molar-refractivity contribution >= 4 is 12.0 Å². The quantitative estimate of drug-likeness (QED) is 0.310. The number of esters is 1. The molecule has 1 unspecified atom stereocenters. The van der Waals surface area contributed by atoms with Crippen molar-refractivity contribution in [2.45, 2.75) is 71.7 Å². The van der Waals surface area contributed by atoms with E-state index in [9.17, 15) is 9.59 Å². The van der Waals surface area contributed by atoms with E-state index >= 15 is 0 Å². The summed E-state index contributed by atoms with van der Waals surface area (Å²) in [6, 6.07) is 19.9. The lowest BCUT2D eigenvalue weighted by Gasteiger charge is -2.39. The number of carbonyl (C=O) groups is 2. The first-order chi connectivity index (χ1) is 20.5. The Hall–Kier alpha value is -4.11. The molecule has 0 bridgehead atoms. The molecule has 1 atom stereocenters. The number of amides is 2. The van der Waals surface area contributed by atoms with Gasteiger partial charge in [0.1, 0.15) is 17.1 Å². The second-order valence-electron chi connectivity index (χ2n) is 12.4. The third kappa shape index (κ3) is 8.04. The average Bonchev–Trinajstić information content (AvgIpc) is 3.35. The number of piperidine rings is 1. The van der Waals surface area contributed by atoms with Crippen LogP contribution in [0.25, 0.3) is 0 Å². The SMILES string of the molecule is Cc1cccc(C2CNC(=O)N2C2CCN(Cc3ccc(Oc4ccc(OCC(=O)OC(C)(C)C)cc4)nc3C)CC2)c1. The third-order valence-corrected chi connectivity index (χ3v) is 7.78. The Balaban J connectivity index is 1.11. The summed E-state index contributed by atoms with van der Waals surface area (Å²) in [5.74, 6) is 1.28. The minimum atomic E-state index is -0.547. The Labute approximate surface area is 254 Å². The number of pyridine rings is 1. The third-order valence-electron chi connectivity index (χ3n) is 7.78. The van der Waals surface area contributed by atoms with Crippen molar-refractivity contribution in [3.63, 3.8) is 0 Å². The lowest BCUT2D eigenvalue weighted by atomic mass is 9.98. The van der Waals surface area contributed by atoms with Gasteiger partial charge in [0.2, 0.25) is 5.88 Å². The average molecular weight is 587 g/mol. The number of urea groups is 1. The summed E-state index contributed by atoms with van der Waals surface area (Å²) in [5.41, 5.74) is 3.96. The minimum Gasteiger partial charge on any atom is -0.482 e. The molecule has 0 spiro atoms. The van der Waals surface area contributed by atoms with Gasteiger partial charge in [0, 0.05) is 44.0 Å². The van der Waals surface area contributed by atoms with Crippen molar-refractivity contribution in [1.82, 2.24) is 20.1 Å². The largest absolute Gasteiger partial charge is 0.482 e. The highest BCUT2D eigenvalue weighted by molar-refractivity contribution is 5.77. The molecule has 43 heavy (non-hydrogen) atoms. The van der Waals surface area contributed by atoms with Gasteiger partial charge in [-0.2, -0.15) is 0 Å². The van der Waals surface area contributed by atoms with Crippen LogP contribution in [0.15, 0.2) is 60.7 Å². The summed E-state index contributed by atoms with van der Waals surface area (Å²) < 4.78 is 16.8. The van der Waals surface area contributed by atoms with E-state index in [1.807, 2.05) is 33.8 Å². The van der Waals surface area contributed by atoms with E-state index in [2.05, 4.69) is 57.4 Å². The van der Waals surface area contributed by atoms with Crippen LogP contribution < -0.4 is 14.8 Å². The Morgan fingerprint density at radius 3 is 2.40 bits per heavy atom. The number of aryl methyl sites for hydroxylation is 2. The lowest BCUT2D eigenvalue weighted by Crippen LogP contribution is -2.46. The van der Waals surface area contributed by atoms with Crippen molar-refractivity contribution < 1.29 is 23.8 Å². The Bertz CT molecular complexity index is 1430. The zero-order valence-electron chi connectivity index (χ0n) is 25.8. The number of hydrogen-bond donors (Lipinski definition) is 1. The molecule has 2 fully saturated rings. The number of benzene rings is 2. The number of ether oxygens (including phenoxy) is 3. The van der Waals surface area contributed by atoms with Gasteiger partial charge in [-0.3, -0.25) is 4.90 Å². The van der Waals surface area contributed by atoms with Crippen molar-refractivity contribution in [3.05, 3.63) is 83.0 Å². The highest BCUT2D eigenvalue weighted by Gasteiger charge is 2.38. The number of nitrogens with zero attached hydrogens (tertiary/aromatic N) is 3. The van der Waals surface area contributed by atoms with Gasteiger partial charge in [-0.1, -0.05) is 35.9 Å². The van der Waals surface area contributed by atoms with Gasteiger partial charge >= 0.3 is 12.0 Å². The van der Waals surface area contributed by atoms with E-state index in [4.69, 9.17) is 14.2 Å². The Kier molecular flexibility index (Phi) is 9.20. The number of carbonyl (C=O) groups excluding carboxylic acids is 2. The highest BCUT2D eigenvalue weighted by Crippen LogP contribution is 2.32. The molecule has 228 valence electrons. The number of nitrogens with one attached hydrogen (secondary N) is 1. The monoisotopic (exact) mass is 586 g/mol. The molecule has 9 heteroatoms. The van der Waals surface area contributed by atoms with Gasteiger partial charge in [0.25, 0.3) is 0 Å². The first-order valence-corrected chi connectivity index (χ1v) is 15.0. The summed E-state index contributed by atoms with van der Waals surface area (Å²) in [4.78, 5) is 33.9. The van der Waals surface area contributed by atoms with Crippen LogP contribution >= 0.6 is 0 Å². The normalized spacial score (nSPS) is 17.9. The molecule has 2 saturated heterocycles. The molecule has 2 amide bonds. The maximum Gasteiger partial charge on any atom is 0.344 e. The molecule has 0 saturated carbocycles. The summed E-state index contributed by atoms with van der Waals surface area (Å²) >= 11 is 0. The molecule has 3 aromatic rings. The summed E-state index contributed by atoms with van der Waals surface area (Å²) in [6.07, 6.45) is 1.89. The molecule has 9 nitrogen and oxygen atoms in total. The highest BCUT2D eigenvalue weighted by atomic mass is 16.6. The molecule has 0 radical (unpaired) electrons. The van der Waals surface area contributed by atoms with Crippen molar-refractivity contribution in [2.75, 3.05) is 26.2 Å². The minimum absolute atomic E-state index is 0.0450. The number of rotatable bonds is 9. The van der Waals surface area contributed by atoms with Crippen LogP contribution in [0.5, 0.6) is 17.4 Å². The summed E-state index contributed by atoms with van der Waals surface area (Å²) in [5, 5.41) is 3.07. The van der Waals surface area contributed by atoms with E-state index in [-0.39, 0.29) is 24.7 Å². The van der Waals surface area contributed by atoms with Gasteiger partial charge in [0.15, 0.2) is 6.61 Å². The predicted molar refractivity (Wildman–Crippen MR) is 164 cm³/mol. The van der Waals surface area contributed by atoms with E-state index in [0.29, 0.717) is 23.9 Å². The molecule has 3 heterocycles. The standard InChI is InChI=1S/C34H42N4O5/c1-23-7-6-8-25(19-23)30-20-35-33(40)38(30)27-15-17-37(18-16-27)21-26-9-14-31(36-24(26)2)42-29-12-10-28(11-13-29)41-22-32(39)43-34(3,4)5/h6-14,19,27,30H,15-18,20-22H2,1-5H3,(H,35,40). The van der Waals surface area contributed by atoms with Crippen LogP contribution in [0.3, 0.4) is 0 Å². The van der Waals surface area contributed by atoms with Gasteiger partial charge < -0.3 is 24.4 Å². The van der Waals surface area contributed by atoms with E-state index in [0.717, 1.165) is 43.7 Å². The fourth-order valence-corrected chi connectivity index (χ4v) is 5.72. The Morgan fingerprint density at radius 1 is 1.00 bits per heavy atom. The van der Waals surface area contributed by atoms with Gasteiger partial charge in [-0.05, 0) is 82.9 Å². The van der Waals surface area contributed by atoms with Crippen LogP contribution in [0.4, 0.5) is 4.79 Å². The van der Waals surface area contributed by atoms with E-state index < -0.39 is 11.6 Å². The predicted octanol–water partition coefficient (Wildman–Crippen LogP) is 5.94. The van der Waals surface area contributed by atoms with Crippen LogP contribution in [0.2, 0.25) is 0 Å². The zero-order chi connectivity index (χ0) is 30.6. The molecule has 1 aromatic heterocycles. The number of likely N-dealkylation sites (tertiary alicyclic amines) is 1. The van der Waals surface area contributed by atoms with Crippen molar-refractivity contribution in [3.8, 4) is 17.4 Å². The topological polar surface area (TPSA) is 93.2 Å². The van der Waals surface area contributed by atoms with Crippen LogP contribution in [-0.2, 0) is 16.1 Å². The molecule has 2 aliphatic heterocycles. The van der Waals surface area contributed by atoms with Crippen LogP contribution in [-0.4, -0.2) is 64.7 Å². The summed E-state index contributed by atoms with van der Waals surface area (Å²) in [6.45, 7) is 12.7. The summed E-state index contributed by atoms with van der Waals surface area (Å²) in [7, 11) is 0. The van der Waals surface area contributed by atoms with Crippen molar-refractivity contribution in [1.29, 1.82) is 0 Å². The second-order valence-corrected chi connectivity index (χ2v) is 12.4. The zero-order valence-corrected chi connectivity index (χ0v) is 25.8. The molecular formula is C34H42N4O5. The second kappa shape index (κ2) is 13.0. The fourth-order valence-electron chi connectivity index (χ4n) is 5.72. The molecule has 1 N–H and O–H groups in total. The van der Waals surface area contributed by atoms with Crippen LogP contribution in [0, 0.1) is 13.8 Å². The molecular weight excluding hydrogens is 544 g/mol. The first kappa shape index (κ1) is 30.4. The first-order valence-electron chi connectivity index (χ1n) is 15.0. The van der Waals surface area contributed by atoms with Gasteiger partial charge in [-0.25, -0.2) is 14.6 Å². The van der Waals surface area contributed by atoms with Crippen LogP contribution in [0.1, 0.15) is 62.0 Å². The number of hydrogen-bond acceptors (Lipinski definition) is 7. The molecule has 2 aliphatic rings. The lowest BCUT2D eigenvalue weighted by molar-refractivity contribution is -0.157. The number of aromatic nitrogens is 1. The Morgan fingerprint density at radius 2 is 1.72 bits per heavy atom.